The van der Waals surface area contributed by atoms with E-state index < -0.39 is 60.4 Å². The van der Waals surface area contributed by atoms with E-state index in [1.165, 1.54) is 35.0 Å². The fourth-order valence-corrected chi connectivity index (χ4v) is 4.78. The van der Waals surface area contributed by atoms with Crippen molar-refractivity contribution in [3.05, 3.63) is 77.1 Å². The van der Waals surface area contributed by atoms with Crippen molar-refractivity contribution in [3.63, 3.8) is 0 Å². The van der Waals surface area contributed by atoms with E-state index in [4.69, 9.17) is 16.3 Å². The third kappa shape index (κ3) is 9.43. The predicted octanol–water partition coefficient (Wildman–Crippen LogP) is 4.22. The first-order valence-corrected chi connectivity index (χ1v) is 15.3. The largest absolute Gasteiger partial charge is 0.480 e. The number of Topliss-reactive ketones (excluding diaryl/α,β-unsaturated/α-hetero) is 1. The Bertz CT molecular complexity index is 1880. The zero-order valence-electron chi connectivity index (χ0n) is 26.1. The average Bonchev–Trinajstić information content (AvgIpc) is 3.73. The Morgan fingerprint density at radius 2 is 1.70 bits per heavy atom. The maximum Gasteiger partial charge on any atom is 0.422 e. The van der Waals surface area contributed by atoms with E-state index in [1.54, 1.807) is 25.4 Å². The SMILES string of the molecule is Cn1ccnc1NC(=O)C(=O)CC[C@H](NC(=O)c1ccc(Nc2nc(NC3(c4ccc(Cl)cc4)CC3)nc(OCC(F)(F)F)n2)cc1)C(=O)O. The number of aliphatic carboxylic acids is 1. The highest BCUT2D eigenvalue weighted by molar-refractivity contribution is 6.40. The number of amides is 2. The number of imidazole rings is 1. The molecule has 2 heterocycles. The van der Waals surface area contributed by atoms with Crippen LogP contribution >= 0.6 is 11.6 Å². The van der Waals surface area contributed by atoms with Gasteiger partial charge in [0, 0.05) is 42.1 Å². The number of carboxylic acids is 1. The van der Waals surface area contributed by atoms with Gasteiger partial charge in [-0.1, -0.05) is 23.7 Å². The van der Waals surface area contributed by atoms with Crippen LogP contribution in [0.15, 0.2) is 60.9 Å². The van der Waals surface area contributed by atoms with Crippen molar-refractivity contribution >= 4 is 58.7 Å². The number of halogens is 4. The molecule has 0 aliphatic heterocycles. The van der Waals surface area contributed by atoms with Crippen LogP contribution in [0.2, 0.25) is 5.02 Å². The molecular weight excluding hydrogens is 687 g/mol. The Morgan fingerprint density at radius 1 is 1.02 bits per heavy atom. The molecule has 0 unspecified atom stereocenters. The molecule has 0 radical (unpaired) electrons. The van der Waals surface area contributed by atoms with Crippen LogP contribution in [-0.4, -0.2) is 72.0 Å². The molecule has 1 atom stereocenters. The first-order chi connectivity index (χ1) is 23.7. The number of carboxylic acid groups (broad SMARTS) is 1. The van der Waals surface area contributed by atoms with Crippen LogP contribution in [0, 0.1) is 0 Å². The van der Waals surface area contributed by atoms with Gasteiger partial charge in [-0.2, -0.15) is 28.1 Å². The van der Waals surface area contributed by atoms with Crippen molar-refractivity contribution < 1.29 is 42.2 Å². The predicted molar refractivity (Wildman–Crippen MR) is 172 cm³/mol. The molecule has 0 saturated heterocycles. The van der Waals surface area contributed by atoms with Crippen LogP contribution < -0.4 is 26.0 Å². The number of aryl methyl sites for hydroxylation is 1. The Kier molecular flexibility index (Phi) is 10.5. The van der Waals surface area contributed by atoms with Crippen LogP contribution in [0.1, 0.15) is 41.6 Å². The summed E-state index contributed by atoms with van der Waals surface area (Å²) in [6.45, 7) is -1.63. The molecule has 0 bridgehead atoms. The van der Waals surface area contributed by atoms with Gasteiger partial charge in [0.2, 0.25) is 23.6 Å². The molecule has 2 aromatic carbocycles. The summed E-state index contributed by atoms with van der Waals surface area (Å²) in [6, 6.07) is 10.6. The fourth-order valence-electron chi connectivity index (χ4n) is 4.65. The van der Waals surface area contributed by atoms with Gasteiger partial charge in [-0.25, -0.2) is 9.78 Å². The van der Waals surface area contributed by atoms with Crippen LogP contribution in [-0.2, 0) is 27.0 Å². The number of nitrogens with one attached hydrogen (secondary N) is 4. The van der Waals surface area contributed by atoms with Gasteiger partial charge in [0.15, 0.2) is 6.61 Å². The summed E-state index contributed by atoms with van der Waals surface area (Å²) in [4.78, 5) is 65.2. The van der Waals surface area contributed by atoms with E-state index >= 15 is 0 Å². The van der Waals surface area contributed by atoms with Crippen LogP contribution in [0.4, 0.5) is 36.7 Å². The molecule has 2 amide bonds. The topological polar surface area (TPSA) is 202 Å². The quantitative estimate of drug-likeness (QED) is 0.110. The lowest BCUT2D eigenvalue weighted by atomic mass is 10.1. The number of ether oxygens (including phenoxy) is 1. The zero-order valence-corrected chi connectivity index (χ0v) is 26.9. The van der Waals surface area contributed by atoms with E-state index in [0.717, 1.165) is 5.56 Å². The minimum atomic E-state index is -4.64. The lowest BCUT2D eigenvalue weighted by molar-refractivity contribution is -0.154. The summed E-state index contributed by atoms with van der Waals surface area (Å²) in [5.41, 5.74) is 0.683. The van der Waals surface area contributed by atoms with Gasteiger partial charge >= 0.3 is 18.2 Å². The van der Waals surface area contributed by atoms with Gasteiger partial charge in [0.05, 0.1) is 5.54 Å². The average molecular weight is 716 g/mol. The second-order valence-corrected chi connectivity index (χ2v) is 11.7. The molecule has 262 valence electrons. The van der Waals surface area contributed by atoms with Crippen molar-refractivity contribution in [1.82, 2.24) is 29.8 Å². The standard InChI is InChI=1S/C31H29ClF3N9O6/c1-44-15-14-36-28(44)39-24(47)22(45)11-10-21(25(48)49)38-23(46)17-2-8-20(9-3-17)37-26-40-27(42-29(41-26)50-16-31(33,34)35)43-30(12-13-30)18-4-6-19(32)7-5-18/h2-9,14-15,21H,10-13,16H2,1H3,(H,38,46)(H,48,49)(H,36,39,47)(H2,37,40,41,42,43)/t21-/m0/s1. The molecule has 5 N–H and O–H groups in total. The zero-order chi connectivity index (χ0) is 36.1. The smallest absolute Gasteiger partial charge is 0.422 e. The van der Waals surface area contributed by atoms with Crippen molar-refractivity contribution in [2.75, 3.05) is 22.6 Å². The molecule has 50 heavy (non-hydrogen) atoms. The summed E-state index contributed by atoms with van der Waals surface area (Å²) >= 11 is 6.01. The Labute approximate surface area is 286 Å². The summed E-state index contributed by atoms with van der Waals surface area (Å²) in [5.74, 6) is -4.15. The molecule has 1 fully saturated rings. The van der Waals surface area contributed by atoms with E-state index in [1.807, 2.05) is 12.1 Å². The van der Waals surface area contributed by atoms with Gasteiger partial charge in [0.1, 0.15) is 6.04 Å². The molecule has 1 aliphatic rings. The van der Waals surface area contributed by atoms with Crippen molar-refractivity contribution in [2.24, 2.45) is 7.05 Å². The summed E-state index contributed by atoms with van der Waals surface area (Å²) < 4.78 is 45.0. The fraction of sp³-hybridized carbons (Fsp3) is 0.290. The maximum absolute atomic E-state index is 12.9. The minimum absolute atomic E-state index is 0.0459. The van der Waals surface area contributed by atoms with Gasteiger partial charge in [-0.05, 0) is 61.2 Å². The molecule has 2 aromatic heterocycles. The number of carbonyl (C=O) groups is 4. The maximum atomic E-state index is 12.9. The van der Waals surface area contributed by atoms with E-state index in [-0.39, 0.29) is 29.8 Å². The first-order valence-electron chi connectivity index (χ1n) is 14.9. The number of benzene rings is 2. The first kappa shape index (κ1) is 35.5. The Morgan fingerprint density at radius 3 is 2.30 bits per heavy atom. The van der Waals surface area contributed by atoms with Gasteiger partial charge in [-0.3, -0.25) is 19.7 Å². The summed E-state index contributed by atoms with van der Waals surface area (Å²) in [7, 11) is 1.60. The normalized spacial score (nSPS) is 13.9. The van der Waals surface area contributed by atoms with Crippen molar-refractivity contribution in [1.29, 1.82) is 0 Å². The second-order valence-electron chi connectivity index (χ2n) is 11.2. The van der Waals surface area contributed by atoms with E-state index in [9.17, 15) is 37.5 Å². The number of carbonyl (C=O) groups excluding carboxylic acids is 3. The number of hydrogen-bond acceptors (Lipinski definition) is 11. The molecule has 1 saturated carbocycles. The monoisotopic (exact) mass is 715 g/mol. The lowest BCUT2D eigenvalue weighted by Gasteiger charge is -2.19. The number of aromatic nitrogens is 5. The highest BCUT2D eigenvalue weighted by atomic mass is 35.5. The summed E-state index contributed by atoms with van der Waals surface area (Å²) in [5, 5.41) is 20.8. The van der Waals surface area contributed by atoms with Gasteiger partial charge in [0.25, 0.3) is 11.8 Å². The highest BCUT2D eigenvalue weighted by Crippen LogP contribution is 2.48. The van der Waals surface area contributed by atoms with E-state index in [2.05, 4.69) is 41.2 Å². The third-order valence-corrected chi connectivity index (χ3v) is 7.70. The minimum Gasteiger partial charge on any atom is -0.480 e. The second kappa shape index (κ2) is 14.8. The van der Waals surface area contributed by atoms with Crippen LogP contribution in [0.5, 0.6) is 6.01 Å². The van der Waals surface area contributed by atoms with Crippen molar-refractivity contribution in [2.45, 2.75) is 43.4 Å². The number of alkyl halides is 3. The number of hydrogen-bond donors (Lipinski definition) is 5. The van der Waals surface area contributed by atoms with Crippen LogP contribution in [0.3, 0.4) is 0 Å². The number of anilines is 4. The molecule has 0 spiro atoms. The lowest BCUT2D eigenvalue weighted by Crippen LogP contribution is -2.41. The van der Waals surface area contributed by atoms with Crippen molar-refractivity contribution in [3.8, 4) is 6.01 Å². The Balaban J connectivity index is 1.23. The van der Waals surface area contributed by atoms with Gasteiger partial charge in [-0.15, -0.1) is 0 Å². The third-order valence-electron chi connectivity index (χ3n) is 7.44. The Hall–Kier alpha value is -5.78. The van der Waals surface area contributed by atoms with Gasteiger partial charge < -0.3 is 30.4 Å². The summed E-state index contributed by atoms with van der Waals surface area (Å²) in [6.07, 6.45) is -1.09. The highest BCUT2D eigenvalue weighted by Gasteiger charge is 2.45. The molecule has 1 aliphatic carbocycles. The number of rotatable bonds is 15. The molecule has 5 rings (SSSR count). The molecule has 19 heteroatoms. The number of ketones is 1. The molecular formula is C31H29ClF3N9O6. The number of nitrogens with zero attached hydrogens (tertiary/aromatic N) is 5. The van der Waals surface area contributed by atoms with Crippen LogP contribution in [0.25, 0.3) is 0 Å². The van der Waals surface area contributed by atoms with E-state index in [0.29, 0.717) is 23.6 Å². The molecule has 4 aromatic rings. The molecule has 15 nitrogen and oxygen atoms in total.